The van der Waals surface area contributed by atoms with Crippen LogP contribution in [0.15, 0.2) is 47.5 Å². The highest BCUT2D eigenvalue weighted by Crippen LogP contribution is 2.32. The third-order valence-electron chi connectivity index (χ3n) is 4.71. The van der Waals surface area contributed by atoms with Crippen molar-refractivity contribution in [2.24, 2.45) is 0 Å². The summed E-state index contributed by atoms with van der Waals surface area (Å²) in [7, 11) is 0. The van der Waals surface area contributed by atoms with E-state index < -0.39 is 5.91 Å². The highest BCUT2D eigenvalue weighted by Gasteiger charge is 2.19. The molecule has 0 aliphatic heterocycles. The van der Waals surface area contributed by atoms with Crippen LogP contribution in [0.4, 0.5) is 5.69 Å². The van der Waals surface area contributed by atoms with E-state index in [-0.39, 0.29) is 23.0 Å². The highest BCUT2D eigenvalue weighted by atomic mass is 16.2. The van der Waals surface area contributed by atoms with Gasteiger partial charge in [0.15, 0.2) is 0 Å². The predicted octanol–water partition coefficient (Wildman–Crippen LogP) is 4.50. The molecular weight excluding hydrogens is 338 g/mol. The Bertz CT molecular complexity index is 1040. The van der Waals surface area contributed by atoms with Gasteiger partial charge in [-0.3, -0.25) is 14.0 Å². The lowest BCUT2D eigenvalue weighted by Gasteiger charge is -2.20. The van der Waals surface area contributed by atoms with Crippen molar-refractivity contribution in [2.75, 3.05) is 5.32 Å². The zero-order valence-electron chi connectivity index (χ0n) is 16.4. The summed E-state index contributed by atoms with van der Waals surface area (Å²) < 4.78 is 1.42. The van der Waals surface area contributed by atoms with Gasteiger partial charge >= 0.3 is 0 Å². The summed E-state index contributed by atoms with van der Waals surface area (Å²) in [6.07, 6.45) is 3.05. The number of amides is 1. The second-order valence-electron chi connectivity index (χ2n) is 7.49. The number of aromatic nitrogens is 2. The van der Waals surface area contributed by atoms with Crippen molar-refractivity contribution in [2.45, 2.75) is 46.5 Å². The molecular formula is C22H25N3O2. The number of anilines is 1. The van der Waals surface area contributed by atoms with E-state index >= 15 is 0 Å². The van der Waals surface area contributed by atoms with Gasteiger partial charge in [0.2, 0.25) is 0 Å². The molecule has 3 rings (SSSR count). The first-order chi connectivity index (χ1) is 12.8. The minimum absolute atomic E-state index is 0.0337. The summed E-state index contributed by atoms with van der Waals surface area (Å²) in [5.41, 5.74) is 4.02. The van der Waals surface area contributed by atoms with Crippen molar-refractivity contribution in [1.29, 1.82) is 0 Å². The van der Waals surface area contributed by atoms with Crippen LogP contribution in [-0.2, 0) is 0 Å². The van der Waals surface area contributed by atoms with Crippen molar-refractivity contribution in [3.63, 3.8) is 0 Å². The van der Waals surface area contributed by atoms with Crippen LogP contribution in [0.3, 0.4) is 0 Å². The predicted molar refractivity (Wildman–Crippen MR) is 109 cm³/mol. The minimum Gasteiger partial charge on any atom is -0.321 e. The van der Waals surface area contributed by atoms with E-state index in [1.165, 1.54) is 10.6 Å². The van der Waals surface area contributed by atoms with Crippen molar-refractivity contribution >= 4 is 17.2 Å². The van der Waals surface area contributed by atoms with Gasteiger partial charge < -0.3 is 5.32 Å². The smallest absolute Gasteiger partial charge is 0.270 e. The van der Waals surface area contributed by atoms with Crippen LogP contribution in [-0.4, -0.2) is 15.3 Å². The fourth-order valence-corrected chi connectivity index (χ4v) is 3.21. The molecule has 1 aromatic carbocycles. The van der Waals surface area contributed by atoms with Gasteiger partial charge in [-0.25, -0.2) is 4.98 Å². The maximum absolute atomic E-state index is 12.9. The molecule has 2 heterocycles. The molecule has 140 valence electrons. The molecule has 1 N–H and O–H groups in total. The first-order valence-corrected chi connectivity index (χ1v) is 9.21. The number of carbonyl (C=O) groups excluding carboxylic acids is 1. The van der Waals surface area contributed by atoms with Crippen LogP contribution < -0.4 is 10.9 Å². The first kappa shape index (κ1) is 18.8. The number of hydrogen-bond donors (Lipinski definition) is 1. The number of hydrogen-bond acceptors (Lipinski definition) is 3. The van der Waals surface area contributed by atoms with Gasteiger partial charge in [0.1, 0.15) is 11.2 Å². The molecule has 0 bridgehead atoms. The number of nitrogens with one attached hydrogen (secondary N) is 1. The topological polar surface area (TPSA) is 63.5 Å². The second-order valence-corrected chi connectivity index (χ2v) is 7.49. The Hall–Kier alpha value is -2.95. The molecule has 27 heavy (non-hydrogen) atoms. The Labute approximate surface area is 159 Å². The van der Waals surface area contributed by atoms with E-state index in [0.29, 0.717) is 5.65 Å². The van der Waals surface area contributed by atoms with Crippen LogP contribution >= 0.6 is 0 Å². The number of nitrogens with zero attached hydrogens (tertiary/aromatic N) is 2. The van der Waals surface area contributed by atoms with Gasteiger partial charge in [0.05, 0.1) is 0 Å². The summed E-state index contributed by atoms with van der Waals surface area (Å²) in [6.45, 7) is 10.2. The van der Waals surface area contributed by atoms with E-state index in [4.69, 9.17) is 0 Å². The van der Waals surface area contributed by atoms with Crippen LogP contribution in [0, 0.1) is 6.92 Å². The minimum atomic E-state index is -0.432. The molecule has 5 nitrogen and oxygen atoms in total. The van der Waals surface area contributed by atoms with Gasteiger partial charge in [0, 0.05) is 18.1 Å². The molecule has 0 aliphatic carbocycles. The highest BCUT2D eigenvalue weighted by molar-refractivity contribution is 6.04. The van der Waals surface area contributed by atoms with Crippen LogP contribution in [0.5, 0.6) is 0 Å². The number of pyridine rings is 1. The molecule has 0 spiro atoms. The largest absolute Gasteiger partial charge is 0.321 e. The fourth-order valence-electron chi connectivity index (χ4n) is 3.21. The lowest BCUT2D eigenvalue weighted by Crippen LogP contribution is -2.27. The molecule has 0 aliphatic rings. The number of benzene rings is 1. The van der Waals surface area contributed by atoms with Gasteiger partial charge in [-0.05, 0) is 41.5 Å². The van der Waals surface area contributed by atoms with Crippen molar-refractivity contribution in [3.05, 3.63) is 75.3 Å². The van der Waals surface area contributed by atoms with Crippen molar-refractivity contribution in [1.82, 2.24) is 9.38 Å². The Balaban J connectivity index is 2.08. The summed E-state index contributed by atoms with van der Waals surface area (Å²) in [4.78, 5) is 30.0. The monoisotopic (exact) mass is 363 g/mol. The lowest BCUT2D eigenvalue weighted by atomic mass is 9.92. The van der Waals surface area contributed by atoms with E-state index in [2.05, 4.69) is 38.0 Å². The molecule has 0 saturated carbocycles. The number of para-hydroxylation sites is 1. The van der Waals surface area contributed by atoms with Gasteiger partial charge in [-0.2, -0.15) is 0 Å². The van der Waals surface area contributed by atoms with Crippen molar-refractivity contribution < 1.29 is 4.79 Å². The molecule has 0 radical (unpaired) electrons. The maximum Gasteiger partial charge on any atom is 0.270 e. The maximum atomic E-state index is 12.9. The molecule has 0 atom stereocenters. The molecule has 3 aromatic rings. The van der Waals surface area contributed by atoms with E-state index in [1.807, 2.05) is 31.2 Å². The normalized spacial score (nSPS) is 11.4. The number of rotatable bonds is 4. The first-order valence-electron chi connectivity index (χ1n) is 9.21. The van der Waals surface area contributed by atoms with Gasteiger partial charge in [0.25, 0.3) is 11.5 Å². The van der Waals surface area contributed by atoms with Crippen molar-refractivity contribution in [3.8, 4) is 0 Å². The average Bonchev–Trinajstić information content (AvgIpc) is 2.62. The van der Waals surface area contributed by atoms with Gasteiger partial charge in [-0.1, -0.05) is 52.0 Å². The van der Waals surface area contributed by atoms with Crippen LogP contribution in [0.2, 0.25) is 0 Å². The summed E-state index contributed by atoms with van der Waals surface area (Å²) in [5.74, 6) is 0.0633. The SMILES string of the molecule is Cc1ccc2ncc(C(=O)Nc3c(C(C)C)cccc3C(C)C)c(=O)n2c1. The van der Waals surface area contributed by atoms with Gasteiger partial charge in [-0.15, -0.1) is 0 Å². The average molecular weight is 363 g/mol. The fraction of sp³-hybridized carbons (Fsp3) is 0.318. The quantitative estimate of drug-likeness (QED) is 0.742. The number of aryl methyl sites for hydroxylation is 1. The zero-order valence-corrected chi connectivity index (χ0v) is 16.4. The lowest BCUT2D eigenvalue weighted by molar-refractivity contribution is 0.102. The molecule has 2 aromatic heterocycles. The second kappa shape index (κ2) is 7.35. The molecule has 0 saturated heterocycles. The summed E-state index contributed by atoms with van der Waals surface area (Å²) in [6, 6.07) is 9.69. The molecule has 0 unspecified atom stereocenters. The molecule has 5 heteroatoms. The number of fused-ring (bicyclic) bond motifs is 1. The Morgan fingerprint density at radius 2 is 1.67 bits per heavy atom. The third kappa shape index (κ3) is 3.63. The Kier molecular flexibility index (Phi) is 5.13. The van der Waals surface area contributed by atoms with E-state index in [9.17, 15) is 9.59 Å². The van der Waals surface area contributed by atoms with Crippen LogP contribution in [0.1, 0.15) is 66.6 Å². The standard InChI is InChI=1S/C22H25N3O2/c1-13(2)16-7-6-8-17(14(3)4)20(16)24-21(26)18-11-23-19-10-9-15(5)12-25(19)22(18)27/h6-14H,1-5H3,(H,24,26). The Morgan fingerprint density at radius 1 is 1.04 bits per heavy atom. The molecule has 0 fully saturated rings. The summed E-state index contributed by atoms with van der Waals surface area (Å²) >= 11 is 0. The van der Waals surface area contributed by atoms with E-state index in [0.717, 1.165) is 22.4 Å². The Morgan fingerprint density at radius 3 is 2.26 bits per heavy atom. The third-order valence-corrected chi connectivity index (χ3v) is 4.71. The van der Waals surface area contributed by atoms with E-state index in [1.54, 1.807) is 12.3 Å². The molecule has 1 amide bonds. The zero-order chi connectivity index (χ0) is 19.7. The summed E-state index contributed by atoms with van der Waals surface area (Å²) in [5, 5.41) is 2.99. The van der Waals surface area contributed by atoms with Crippen LogP contribution in [0.25, 0.3) is 5.65 Å². The number of carbonyl (C=O) groups is 1.